The van der Waals surface area contributed by atoms with Gasteiger partial charge in [-0.1, -0.05) is 12.1 Å². The lowest BCUT2D eigenvalue weighted by molar-refractivity contribution is 0.200. The van der Waals surface area contributed by atoms with Crippen LogP contribution in [0.3, 0.4) is 0 Å². The summed E-state index contributed by atoms with van der Waals surface area (Å²) in [5.41, 5.74) is 2.36. The van der Waals surface area contributed by atoms with Crippen molar-refractivity contribution in [2.24, 2.45) is 0 Å². The molecule has 1 heterocycles. The molecule has 4 nitrogen and oxygen atoms in total. The summed E-state index contributed by atoms with van der Waals surface area (Å²) < 4.78 is 11.7. The van der Waals surface area contributed by atoms with Crippen LogP contribution in [0, 0.1) is 0 Å². The molecule has 0 N–H and O–H groups in total. The van der Waals surface area contributed by atoms with Gasteiger partial charge in [0, 0.05) is 30.9 Å². The van der Waals surface area contributed by atoms with Crippen molar-refractivity contribution in [2.45, 2.75) is 57.7 Å². The number of ether oxygens (including phenoxy) is 2. The lowest BCUT2D eigenvalue weighted by atomic mass is 10.1. The predicted octanol–water partition coefficient (Wildman–Crippen LogP) is 4.47. The summed E-state index contributed by atoms with van der Waals surface area (Å²) in [6.45, 7) is 3.11. The van der Waals surface area contributed by atoms with E-state index in [4.69, 9.17) is 9.47 Å². The minimum atomic E-state index is 0.343. The van der Waals surface area contributed by atoms with Crippen molar-refractivity contribution in [1.82, 2.24) is 9.88 Å². The van der Waals surface area contributed by atoms with Crippen LogP contribution in [-0.4, -0.2) is 36.2 Å². The van der Waals surface area contributed by atoms with Crippen molar-refractivity contribution < 1.29 is 9.47 Å². The van der Waals surface area contributed by atoms with Gasteiger partial charge >= 0.3 is 0 Å². The molecule has 140 valence electrons. The number of hydrogen-bond acceptors (Lipinski definition) is 4. The van der Waals surface area contributed by atoms with Gasteiger partial charge in [-0.3, -0.25) is 9.88 Å². The highest BCUT2D eigenvalue weighted by Gasteiger charge is 2.19. The van der Waals surface area contributed by atoms with Crippen LogP contribution in [-0.2, 0) is 13.0 Å². The minimum absolute atomic E-state index is 0.343. The van der Waals surface area contributed by atoms with Crippen molar-refractivity contribution in [3.8, 4) is 11.5 Å². The van der Waals surface area contributed by atoms with Gasteiger partial charge < -0.3 is 9.47 Å². The van der Waals surface area contributed by atoms with E-state index in [2.05, 4.69) is 48.1 Å². The second-order valence-corrected chi connectivity index (χ2v) is 7.30. The molecule has 1 aromatic carbocycles. The highest BCUT2D eigenvalue weighted by atomic mass is 16.5. The van der Waals surface area contributed by atoms with Crippen molar-refractivity contribution in [3.05, 3.63) is 53.9 Å². The topological polar surface area (TPSA) is 34.6 Å². The maximum absolute atomic E-state index is 6.14. The summed E-state index contributed by atoms with van der Waals surface area (Å²) in [6, 6.07) is 12.8. The van der Waals surface area contributed by atoms with E-state index in [0.29, 0.717) is 12.1 Å². The number of methoxy groups -OCH3 is 1. The van der Waals surface area contributed by atoms with Crippen LogP contribution in [0.2, 0.25) is 0 Å². The highest BCUT2D eigenvalue weighted by Crippen LogP contribution is 2.32. The molecule has 1 aromatic heterocycles. The third kappa shape index (κ3) is 4.98. The van der Waals surface area contributed by atoms with E-state index in [0.717, 1.165) is 43.0 Å². The monoisotopic (exact) mass is 354 g/mol. The molecular formula is C22H30N2O2. The molecule has 1 unspecified atom stereocenters. The van der Waals surface area contributed by atoms with E-state index >= 15 is 0 Å². The van der Waals surface area contributed by atoms with E-state index in [9.17, 15) is 0 Å². The molecule has 0 saturated heterocycles. The number of hydrogen-bond donors (Lipinski definition) is 0. The van der Waals surface area contributed by atoms with E-state index in [-0.39, 0.29) is 0 Å². The van der Waals surface area contributed by atoms with Crippen LogP contribution in [0.25, 0.3) is 0 Å². The van der Waals surface area contributed by atoms with E-state index < -0.39 is 0 Å². The number of likely N-dealkylation sites (N-methyl/N-ethyl adjacent to an activating group) is 1. The first-order chi connectivity index (χ1) is 12.7. The molecule has 0 bridgehead atoms. The average Bonchev–Trinajstić information content (AvgIpc) is 3.16. The SMILES string of the molecule is COc1cc(CN(C)C(C)Cc2ccccn2)ccc1OC1CCCC1. The summed E-state index contributed by atoms with van der Waals surface area (Å²) >= 11 is 0. The Morgan fingerprint density at radius 3 is 2.65 bits per heavy atom. The van der Waals surface area contributed by atoms with Crippen LogP contribution in [0.5, 0.6) is 11.5 Å². The lowest BCUT2D eigenvalue weighted by Gasteiger charge is -2.25. The maximum Gasteiger partial charge on any atom is 0.161 e. The molecule has 0 spiro atoms. The molecule has 1 atom stereocenters. The van der Waals surface area contributed by atoms with Crippen LogP contribution in [0.1, 0.15) is 43.9 Å². The van der Waals surface area contributed by atoms with E-state index in [1.54, 1.807) is 7.11 Å². The Kier molecular flexibility index (Phi) is 6.51. The van der Waals surface area contributed by atoms with Gasteiger partial charge in [-0.2, -0.15) is 0 Å². The summed E-state index contributed by atoms with van der Waals surface area (Å²) in [4.78, 5) is 6.78. The molecule has 26 heavy (non-hydrogen) atoms. The van der Waals surface area contributed by atoms with Gasteiger partial charge in [-0.05, 0) is 69.5 Å². The van der Waals surface area contributed by atoms with Crippen molar-refractivity contribution in [3.63, 3.8) is 0 Å². The first-order valence-electron chi connectivity index (χ1n) is 9.59. The van der Waals surface area contributed by atoms with Crippen molar-refractivity contribution >= 4 is 0 Å². The molecule has 1 aliphatic rings. The van der Waals surface area contributed by atoms with Crippen molar-refractivity contribution in [1.29, 1.82) is 0 Å². The van der Waals surface area contributed by atoms with Crippen LogP contribution in [0.4, 0.5) is 0 Å². The quantitative estimate of drug-likeness (QED) is 0.700. The fourth-order valence-electron chi connectivity index (χ4n) is 3.51. The van der Waals surface area contributed by atoms with Crippen LogP contribution in [0.15, 0.2) is 42.6 Å². The van der Waals surface area contributed by atoms with Gasteiger partial charge in [-0.15, -0.1) is 0 Å². The van der Waals surface area contributed by atoms with Crippen molar-refractivity contribution in [2.75, 3.05) is 14.2 Å². The first kappa shape index (κ1) is 18.7. The Labute approximate surface area is 157 Å². The second kappa shape index (κ2) is 9.04. The smallest absolute Gasteiger partial charge is 0.161 e. The molecule has 1 saturated carbocycles. The van der Waals surface area contributed by atoms with Gasteiger partial charge in [0.2, 0.25) is 0 Å². The normalized spacial score (nSPS) is 16.0. The van der Waals surface area contributed by atoms with Crippen LogP contribution < -0.4 is 9.47 Å². The van der Waals surface area contributed by atoms with Crippen LogP contribution >= 0.6 is 0 Å². The summed E-state index contributed by atoms with van der Waals surface area (Å²) in [7, 11) is 3.87. The molecule has 3 rings (SSSR count). The van der Waals surface area contributed by atoms with Gasteiger partial charge in [0.05, 0.1) is 13.2 Å². The third-order valence-corrected chi connectivity index (χ3v) is 5.24. The number of pyridine rings is 1. The number of benzene rings is 1. The standard InChI is InChI=1S/C22H30N2O2/c1-17(14-19-8-6-7-13-23-19)24(2)16-18-11-12-21(22(15-18)25-3)26-20-9-4-5-10-20/h6-8,11-13,15,17,20H,4-5,9-10,14,16H2,1-3H3. The summed E-state index contributed by atoms with van der Waals surface area (Å²) in [5.74, 6) is 1.70. The number of nitrogens with zero attached hydrogens (tertiary/aromatic N) is 2. The van der Waals surface area contributed by atoms with Gasteiger partial charge in [0.25, 0.3) is 0 Å². The Bertz CT molecular complexity index is 684. The number of aromatic nitrogens is 1. The Balaban J connectivity index is 1.61. The molecule has 1 fully saturated rings. The molecule has 0 aliphatic heterocycles. The lowest BCUT2D eigenvalue weighted by Crippen LogP contribution is -2.30. The molecule has 0 radical (unpaired) electrons. The Morgan fingerprint density at radius 1 is 1.15 bits per heavy atom. The Morgan fingerprint density at radius 2 is 1.96 bits per heavy atom. The second-order valence-electron chi connectivity index (χ2n) is 7.30. The fourth-order valence-corrected chi connectivity index (χ4v) is 3.51. The van der Waals surface area contributed by atoms with Gasteiger partial charge in [0.15, 0.2) is 11.5 Å². The van der Waals surface area contributed by atoms with Gasteiger partial charge in [0.1, 0.15) is 0 Å². The Hall–Kier alpha value is -2.07. The largest absolute Gasteiger partial charge is 0.493 e. The molecule has 0 amide bonds. The minimum Gasteiger partial charge on any atom is -0.493 e. The molecule has 4 heteroatoms. The fraction of sp³-hybridized carbons (Fsp3) is 0.500. The molecule has 2 aromatic rings. The summed E-state index contributed by atoms with van der Waals surface area (Å²) in [5, 5.41) is 0. The molecular weight excluding hydrogens is 324 g/mol. The highest BCUT2D eigenvalue weighted by molar-refractivity contribution is 5.43. The van der Waals surface area contributed by atoms with Gasteiger partial charge in [-0.25, -0.2) is 0 Å². The average molecular weight is 354 g/mol. The third-order valence-electron chi connectivity index (χ3n) is 5.24. The summed E-state index contributed by atoms with van der Waals surface area (Å²) in [6.07, 6.45) is 7.98. The first-order valence-corrected chi connectivity index (χ1v) is 9.59. The zero-order valence-electron chi connectivity index (χ0n) is 16.1. The zero-order chi connectivity index (χ0) is 18.4. The van der Waals surface area contributed by atoms with E-state index in [1.165, 1.54) is 18.4 Å². The predicted molar refractivity (Wildman–Crippen MR) is 105 cm³/mol. The maximum atomic E-state index is 6.14. The van der Waals surface area contributed by atoms with E-state index in [1.807, 2.05) is 18.3 Å². The number of rotatable bonds is 8. The molecule has 1 aliphatic carbocycles. The zero-order valence-corrected chi connectivity index (χ0v) is 16.1.